The van der Waals surface area contributed by atoms with E-state index in [1.807, 2.05) is 4.98 Å². The fourth-order valence-corrected chi connectivity index (χ4v) is 6.27. The molecule has 0 amide bonds. The predicted molar refractivity (Wildman–Crippen MR) is 94.3 cm³/mol. The van der Waals surface area contributed by atoms with Gasteiger partial charge in [-0.3, -0.25) is 23.5 Å². The number of nitrogens with zero attached hydrogens (tertiary/aromatic N) is 1. The molecule has 1 aromatic heterocycles. The number of halogens is 2. The Bertz CT molecular complexity index is 1100. The van der Waals surface area contributed by atoms with Crippen LogP contribution in [0.4, 0.5) is 8.78 Å². The molecule has 0 spiro atoms. The molecule has 6 N–H and O–H groups in total. The second kappa shape index (κ2) is 8.69. The Labute approximate surface area is 170 Å². The average Bonchev–Trinajstić information content (AvgIpc) is 2.94. The molecule has 2 rings (SSSR count). The maximum atomic E-state index is 14.0. The molecule has 2 heterocycles. The number of hydrogen-bond donors (Lipinski definition) is 6. The van der Waals surface area contributed by atoms with Gasteiger partial charge >= 0.3 is 34.1 Å². The largest absolute Gasteiger partial charge is 0.477 e. The molecule has 178 valence electrons. The van der Waals surface area contributed by atoms with Crippen LogP contribution >= 0.6 is 23.0 Å². The van der Waals surface area contributed by atoms with Crippen LogP contribution in [0.2, 0.25) is 0 Å². The first-order chi connectivity index (χ1) is 13.9. The smallest absolute Gasteiger partial charge is 0.390 e. The van der Waals surface area contributed by atoms with Crippen LogP contribution in [-0.2, 0) is 27.3 Å². The third-order valence-electron chi connectivity index (χ3n) is 3.97. The summed E-state index contributed by atoms with van der Waals surface area (Å²) in [5.74, 6) is 0. The minimum atomic E-state index is -6.71. The minimum Gasteiger partial charge on any atom is -0.390 e. The molecular formula is C11H17F2N2O13P3. The first kappa shape index (κ1) is 26.2. The monoisotopic (exact) mass is 516 g/mol. The van der Waals surface area contributed by atoms with Gasteiger partial charge in [0.2, 0.25) is 0 Å². The highest BCUT2D eigenvalue weighted by atomic mass is 31.3. The van der Waals surface area contributed by atoms with E-state index in [2.05, 4.69) is 8.83 Å². The van der Waals surface area contributed by atoms with Crippen molar-refractivity contribution in [3.05, 3.63) is 32.6 Å². The SMILES string of the molecule is Cc1cn([C@H]2C[C@H](O)[C@@H](COP(=O)(O)C(F)(F)P(=O)(O)OP(=O)(O)O)O2)c(=O)[nH]c1=O. The van der Waals surface area contributed by atoms with Gasteiger partial charge in [-0.05, 0) is 6.92 Å². The molecule has 5 atom stereocenters. The minimum absolute atomic E-state index is 0.0978. The lowest BCUT2D eigenvalue weighted by atomic mass is 10.2. The molecule has 1 fully saturated rings. The fraction of sp³-hybridized carbons (Fsp3) is 0.636. The van der Waals surface area contributed by atoms with Crippen molar-refractivity contribution in [1.82, 2.24) is 9.55 Å². The highest BCUT2D eigenvalue weighted by molar-refractivity contribution is 7.75. The van der Waals surface area contributed by atoms with E-state index in [-0.39, 0.29) is 12.0 Å². The van der Waals surface area contributed by atoms with Crippen LogP contribution in [0.1, 0.15) is 18.2 Å². The summed E-state index contributed by atoms with van der Waals surface area (Å²) in [4.78, 5) is 60.5. The van der Waals surface area contributed by atoms with Crippen LogP contribution in [0.25, 0.3) is 0 Å². The summed E-state index contributed by atoms with van der Waals surface area (Å²) in [5.41, 5.74) is -1.51. The highest BCUT2D eigenvalue weighted by Gasteiger charge is 2.68. The molecule has 1 aliphatic rings. The Morgan fingerprint density at radius 2 is 1.81 bits per heavy atom. The lowest BCUT2D eigenvalue weighted by molar-refractivity contribution is -0.0456. The van der Waals surface area contributed by atoms with E-state index in [1.54, 1.807) is 0 Å². The number of aliphatic hydroxyl groups is 1. The first-order valence-corrected chi connectivity index (χ1v) is 12.7. The van der Waals surface area contributed by atoms with Crippen LogP contribution in [0.5, 0.6) is 0 Å². The number of nitrogens with one attached hydrogen (secondary N) is 1. The van der Waals surface area contributed by atoms with E-state index in [0.717, 1.165) is 10.8 Å². The molecule has 20 heteroatoms. The molecule has 0 aliphatic carbocycles. The number of alkyl halides is 2. The number of H-pyrrole nitrogens is 1. The van der Waals surface area contributed by atoms with E-state index in [9.17, 15) is 42.1 Å². The first-order valence-electron chi connectivity index (χ1n) is 7.98. The molecule has 1 aliphatic heterocycles. The van der Waals surface area contributed by atoms with Crippen LogP contribution in [-0.4, -0.2) is 58.5 Å². The third-order valence-corrected chi connectivity index (χ3v) is 9.08. The van der Waals surface area contributed by atoms with Crippen molar-refractivity contribution in [3.8, 4) is 0 Å². The highest BCUT2D eigenvalue weighted by Crippen LogP contribution is 2.78. The summed E-state index contributed by atoms with van der Waals surface area (Å²) in [6, 6.07) is 0. The van der Waals surface area contributed by atoms with Gasteiger partial charge in [0.25, 0.3) is 5.56 Å². The quantitative estimate of drug-likeness (QED) is 0.240. The number of rotatable bonds is 8. The maximum absolute atomic E-state index is 14.0. The summed E-state index contributed by atoms with van der Waals surface area (Å²) in [6.07, 6.45) is -3.57. The Balaban J connectivity index is 2.15. The van der Waals surface area contributed by atoms with Crippen LogP contribution in [0.3, 0.4) is 0 Å². The predicted octanol–water partition coefficient (Wildman–Crippen LogP) is -0.460. The molecule has 0 aromatic carbocycles. The zero-order valence-corrected chi connectivity index (χ0v) is 18.0. The van der Waals surface area contributed by atoms with Crippen molar-refractivity contribution in [3.63, 3.8) is 0 Å². The summed E-state index contributed by atoms with van der Waals surface area (Å²) < 4.78 is 74.9. The number of aliphatic hydroxyl groups excluding tert-OH is 1. The average molecular weight is 516 g/mol. The third kappa shape index (κ3) is 5.64. The van der Waals surface area contributed by atoms with Crippen LogP contribution in [0.15, 0.2) is 15.8 Å². The topological polar surface area (TPSA) is 235 Å². The summed E-state index contributed by atoms with van der Waals surface area (Å²) >= 11 is 0. The summed E-state index contributed by atoms with van der Waals surface area (Å²) in [5, 5.41) is 4.31. The van der Waals surface area contributed by atoms with E-state index in [4.69, 9.17) is 19.4 Å². The molecular weight excluding hydrogens is 499 g/mol. The molecule has 1 saturated heterocycles. The number of ether oxygens (including phenoxy) is 1. The van der Waals surface area contributed by atoms with Crippen molar-refractivity contribution < 1.29 is 60.7 Å². The Morgan fingerprint density at radius 3 is 2.35 bits per heavy atom. The van der Waals surface area contributed by atoms with Gasteiger partial charge in [0, 0.05) is 18.2 Å². The number of aromatic amines is 1. The molecule has 0 bridgehead atoms. The Morgan fingerprint density at radius 1 is 1.23 bits per heavy atom. The molecule has 0 saturated carbocycles. The van der Waals surface area contributed by atoms with Gasteiger partial charge in [-0.2, -0.15) is 8.78 Å². The van der Waals surface area contributed by atoms with Crippen molar-refractivity contribution in [2.24, 2.45) is 0 Å². The second-order valence-corrected chi connectivity index (χ2v) is 11.8. The van der Waals surface area contributed by atoms with Crippen molar-refractivity contribution in [1.29, 1.82) is 0 Å². The lowest BCUT2D eigenvalue weighted by Gasteiger charge is -2.26. The van der Waals surface area contributed by atoms with Gasteiger partial charge < -0.3 is 33.9 Å². The number of phosphoric acid groups is 1. The van der Waals surface area contributed by atoms with Crippen LogP contribution < -0.4 is 11.2 Å². The van der Waals surface area contributed by atoms with Crippen molar-refractivity contribution in [2.45, 2.75) is 37.2 Å². The molecule has 1 aromatic rings. The molecule has 0 radical (unpaired) electrons. The fourth-order valence-electron chi connectivity index (χ4n) is 2.44. The van der Waals surface area contributed by atoms with Gasteiger partial charge in [0.1, 0.15) is 12.3 Å². The van der Waals surface area contributed by atoms with E-state index in [1.165, 1.54) is 6.92 Å². The number of aromatic nitrogens is 2. The van der Waals surface area contributed by atoms with Crippen molar-refractivity contribution >= 4 is 23.0 Å². The molecule has 31 heavy (non-hydrogen) atoms. The lowest BCUT2D eigenvalue weighted by Crippen LogP contribution is -2.33. The summed E-state index contributed by atoms with van der Waals surface area (Å²) in [6.45, 7) is 0.103. The van der Waals surface area contributed by atoms with Gasteiger partial charge in [-0.25, -0.2) is 13.7 Å². The maximum Gasteiger partial charge on any atom is 0.477 e. The molecule has 15 nitrogen and oxygen atoms in total. The Kier molecular flexibility index (Phi) is 7.33. The number of hydrogen-bond acceptors (Lipinski definition) is 9. The normalized spacial score (nSPS) is 26.4. The van der Waals surface area contributed by atoms with Crippen molar-refractivity contribution in [2.75, 3.05) is 6.61 Å². The van der Waals surface area contributed by atoms with Crippen LogP contribution in [0, 0.1) is 6.92 Å². The summed E-state index contributed by atoms with van der Waals surface area (Å²) in [7, 11) is -19.1. The zero-order chi connectivity index (χ0) is 24.0. The van der Waals surface area contributed by atoms with Gasteiger partial charge in [0.05, 0.1) is 12.7 Å². The zero-order valence-electron chi connectivity index (χ0n) is 15.3. The van der Waals surface area contributed by atoms with Gasteiger partial charge in [0.15, 0.2) is 0 Å². The van der Waals surface area contributed by atoms with E-state index < -0.39 is 64.7 Å². The van der Waals surface area contributed by atoms with Gasteiger partial charge in [-0.15, -0.1) is 0 Å². The standard InChI is InChI=1S/C11H17F2N2O13P3/c1-5-3-15(10(18)14-9(5)17)8-2-6(16)7(27-8)4-26-29(19,20)11(12,13)30(21,22)28-31(23,24)25/h3,6-8,16H,2,4H2,1H3,(H,19,20)(H,21,22)(H,14,17,18)(H2,23,24,25)/t6-,7+,8+/m0/s1. The molecule has 2 unspecified atom stereocenters. The van der Waals surface area contributed by atoms with E-state index in [0.29, 0.717) is 0 Å². The second-order valence-electron chi connectivity index (χ2n) is 6.33. The van der Waals surface area contributed by atoms with E-state index >= 15 is 0 Å². The van der Waals surface area contributed by atoms with Gasteiger partial charge in [-0.1, -0.05) is 0 Å². The number of aryl methyl sites for hydroxylation is 1. The Hall–Kier alpha value is -1.09.